The number of methoxy groups -OCH3 is 3. The average molecular weight is 357 g/mol. The Morgan fingerprint density at radius 2 is 1.73 bits per heavy atom. The fourth-order valence-electron chi connectivity index (χ4n) is 2.31. The average Bonchev–Trinajstić information content (AvgIpc) is 2.67. The Hall–Kier alpha value is -3.15. The number of rotatable bonds is 8. The van der Waals surface area contributed by atoms with Gasteiger partial charge in [-0.05, 0) is 42.8 Å². The van der Waals surface area contributed by atoms with Crippen molar-refractivity contribution in [1.82, 2.24) is 0 Å². The molecule has 2 aromatic rings. The van der Waals surface area contributed by atoms with Gasteiger partial charge in [0.15, 0.2) is 11.5 Å². The summed E-state index contributed by atoms with van der Waals surface area (Å²) in [7, 11) is 4.69. The van der Waals surface area contributed by atoms with E-state index < -0.39 is 0 Å². The smallest absolute Gasteiger partial charge is 0.248 e. The Labute approximate surface area is 153 Å². The third kappa shape index (κ3) is 4.92. The fourth-order valence-corrected chi connectivity index (χ4v) is 2.31. The predicted octanol–water partition coefficient (Wildman–Crippen LogP) is 3.76. The van der Waals surface area contributed by atoms with Crippen molar-refractivity contribution in [3.8, 4) is 23.0 Å². The highest BCUT2D eigenvalue weighted by Gasteiger charge is 2.08. The summed E-state index contributed by atoms with van der Waals surface area (Å²) in [6, 6.07) is 10.6. The van der Waals surface area contributed by atoms with Crippen LogP contribution in [0.4, 0.5) is 5.69 Å². The van der Waals surface area contributed by atoms with Crippen LogP contribution in [0.1, 0.15) is 12.5 Å². The first-order valence-corrected chi connectivity index (χ1v) is 8.13. The summed E-state index contributed by atoms with van der Waals surface area (Å²) >= 11 is 0. The molecule has 6 nitrogen and oxygen atoms in total. The summed E-state index contributed by atoms with van der Waals surface area (Å²) in [5.41, 5.74) is 1.39. The van der Waals surface area contributed by atoms with Crippen LogP contribution in [0.25, 0.3) is 6.08 Å². The maximum atomic E-state index is 12.2. The molecule has 0 spiro atoms. The first kappa shape index (κ1) is 19.2. The molecule has 1 N–H and O–H groups in total. The van der Waals surface area contributed by atoms with Gasteiger partial charge in [-0.2, -0.15) is 0 Å². The molecule has 0 heterocycles. The lowest BCUT2D eigenvalue weighted by atomic mass is 10.2. The molecule has 0 aliphatic heterocycles. The Morgan fingerprint density at radius 1 is 0.962 bits per heavy atom. The molecule has 2 rings (SSSR count). The van der Waals surface area contributed by atoms with E-state index in [9.17, 15) is 4.79 Å². The maximum Gasteiger partial charge on any atom is 0.248 e. The lowest BCUT2D eigenvalue weighted by Crippen LogP contribution is -2.09. The van der Waals surface area contributed by atoms with E-state index in [0.717, 1.165) is 5.56 Å². The van der Waals surface area contributed by atoms with Crippen molar-refractivity contribution in [3.05, 3.63) is 48.0 Å². The molecule has 0 aromatic heterocycles. The molecule has 0 aliphatic carbocycles. The SMILES string of the molecule is CCOc1cc(/C=C/C(=O)Nc2ccc(OC)cc2OC)ccc1OC. The number of anilines is 1. The first-order valence-electron chi connectivity index (χ1n) is 8.13. The molecule has 6 heteroatoms. The van der Waals surface area contributed by atoms with Gasteiger partial charge in [-0.25, -0.2) is 0 Å². The number of hydrogen-bond acceptors (Lipinski definition) is 5. The van der Waals surface area contributed by atoms with Crippen LogP contribution in [-0.2, 0) is 4.79 Å². The monoisotopic (exact) mass is 357 g/mol. The molecule has 0 fully saturated rings. The summed E-state index contributed by atoms with van der Waals surface area (Å²) in [4.78, 5) is 12.2. The van der Waals surface area contributed by atoms with E-state index >= 15 is 0 Å². The molecule has 0 unspecified atom stereocenters. The summed E-state index contributed by atoms with van der Waals surface area (Å²) < 4.78 is 21.2. The summed E-state index contributed by atoms with van der Waals surface area (Å²) in [6.07, 6.45) is 3.15. The van der Waals surface area contributed by atoms with Crippen LogP contribution in [0, 0.1) is 0 Å². The second kappa shape index (κ2) is 9.36. The first-order chi connectivity index (χ1) is 12.6. The van der Waals surface area contributed by atoms with Crippen molar-refractivity contribution >= 4 is 17.7 Å². The summed E-state index contributed by atoms with van der Waals surface area (Å²) in [5.74, 6) is 2.18. The van der Waals surface area contributed by atoms with Crippen LogP contribution in [0.5, 0.6) is 23.0 Å². The van der Waals surface area contributed by atoms with Crippen molar-refractivity contribution in [2.75, 3.05) is 33.3 Å². The van der Waals surface area contributed by atoms with Gasteiger partial charge in [0.05, 0.1) is 33.6 Å². The van der Waals surface area contributed by atoms with Gasteiger partial charge in [0.2, 0.25) is 5.91 Å². The van der Waals surface area contributed by atoms with Gasteiger partial charge >= 0.3 is 0 Å². The minimum atomic E-state index is -0.276. The van der Waals surface area contributed by atoms with Gasteiger partial charge < -0.3 is 24.3 Å². The van der Waals surface area contributed by atoms with Gasteiger partial charge in [0, 0.05) is 12.1 Å². The molecule has 0 aliphatic rings. The number of benzene rings is 2. The number of carbonyl (C=O) groups is 1. The number of nitrogens with one attached hydrogen (secondary N) is 1. The molecule has 0 atom stereocenters. The third-order valence-corrected chi connectivity index (χ3v) is 3.58. The molecule has 0 saturated carbocycles. The van der Waals surface area contributed by atoms with Gasteiger partial charge in [-0.1, -0.05) is 6.07 Å². The molecule has 0 saturated heterocycles. The number of amides is 1. The molecule has 0 radical (unpaired) electrons. The standard InChI is InChI=1S/C20H23NO5/c1-5-26-19-12-14(6-10-17(19)24-3)7-11-20(22)21-16-9-8-15(23-2)13-18(16)25-4/h6-13H,5H2,1-4H3,(H,21,22)/b11-7+. The van der Waals surface area contributed by atoms with Crippen molar-refractivity contribution in [1.29, 1.82) is 0 Å². The molecular weight excluding hydrogens is 334 g/mol. The Balaban J connectivity index is 2.11. The Kier molecular flexibility index (Phi) is 6.91. The lowest BCUT2D eigenvalue weighted by molar-refractivity contribution is -0.111. The van der Waals surface area contributed by atoms with Crippen molar-refractivity contribution in [2.45, 2.75) is 6.92 Å². The maximum absolute atomic E-state index is 12.2. The van der Waals surface area contributed by atoms with Gasteiger partial charge in [-0.15, -0.1) is 0 Å². The molecular formula is C20H23NO5. The van der Waals surface area contributed by atoms with E-state index in [4.69, 9.17) is 18.9 Å². The third-order valence-electron chi connectivity index (χ3n) is 3.58. The molecule has 1 amide bonds. The van der Waals surface area contributed by atoms with E-state index in [0.29, 0.717) is 35.3 Å². The molecule has 26 heavy (non-hydrogen) atoms. The number of ether oxygens (including phenoxy) is 4. The Bertz CT molecular complexity index is 786. The predicted molar refractivity (Wildman–Crippen MR) is 101 cm³/mol. The van der Waals surface area contributed by atoms with Crippen LogP contribution in [0.15, 0.2) is 42.5 Å². The van der Waals surface area contributed by atoms with Crippen molar-refractivity contribution < 1.29 is 23.7 Å². The highest BCUT2D eigenvalue weighted by Crippen LogP contribution is 2.30. The van der Waals surface area contributed by atoms with Crippen LogP contribution < -0.4 is 24.3 Å². The number of carbonyl (C=O) groups excluding carboxylic acids is 1. The largest absolute Gasteiger partial charge is 0.497 e. The second-order valence-electron chi connectivity index (χ2n) is 5.23. The van der Waals surface area contributed by atoms with E-state index in [1.54, 1.807) is 44.6 Å². The zero-order valence-corrected chi connectivity index (χ0v) is 15.4. The fraction of sp³-hybridized carbons (Fsp3) is 0.250. The molecule has 0 bridgehead atoms. The van der Waals surface area contributed by atoms with Crippen LogP contribution in [-0.4, -0.2) is 33.8 Å². The highest BCUT2D eigenvalue weighted by atomic mass is 16.5. The van der Waals surface area contributed by atoms with Crippen LogP contribution >= 0.6 is 0 Å². The summed E-state index contributed by atoms with van der Waals surface area (Å²) in [6.45, 7) is 2.43. The molecule has 138 valence electrons. The van der Waals surface area contributed by atoms with E-state index in [2.05, 4.69) is 5.32 Å². The zero-order valence-electron chi connectivity index (χ0n) is 15.4. The van der Waals surface area contributed by atoms with Crippen LogP contribution in [0.3, 0.4) is 0 Å². The quantitative estimate of drug-likeness (QED) is 0.729. The van der Waals surface area contributed by atoms with Crippen molar-refractivity contribution in [2.24, 2.45) is 0 Å². The zero-order chi connectivity index (χ0) is 18.9. The minimum absolute atomic E-state index is 0.276. The van der Waals surface area contributed by atoms with Crippen molar-refractivity contribution in [3.63, 3.8) is 0 Å². The topological polar surface area (TPSA) is 66.0 Å². The van der Waals surface area contributed by atoms with Crippen LogP contribution in [0.2, 0.25) is 0 Å². The summed E-state index contributed by atoms with van der Waals surface area (Å²) in [5, 5.41) is 2.78. The van der Waals surface area contributed by atoms with E-state index in [1.807, 2.05) is 19.1 Å². The van der Waals surface area contributed by atoms with E-state index in [1.165, 1.54) is 13.2 Å². The normalized spacial score (nSPS) is 10.5. The second-order valence-corrected chi connectivity index (χ2v) is 5.23. The lowest BCUT2D eigenvalue weighted by Gasteiger charge is -2.11. The highest BCUT2D eigenvalue weighted by molar-refractivity contribution is 6.02. The Morgan fingerprint density at radius 3 is 2.38 bits per heavy atom. The van der Waals surface area contributed by atoms with E-state index in [-0.39, 0.29) is 5.91 Å². The van der Waals surface area contributed by atoms with Gasteiger partial charge in [-0.3, -0.25) is 4.79 Å². The minimum Gasteiger partial charge on any atom is -0.497 e. The number of hydrogen-bond donors (Lipinski definition) is 1. The van der Waals surface area contributed by atoms with Gasteiger partial charge in [0.25, 0.3) is 0 Å². The van der Waals surface area contributed by atoms with Gasteiger partial charge in [0.1, 0.15) is 11.5 Å². The molecule has 2 aromatic carbocycles.